The highest BCUT2D eigenvalue weighted by atomic mass is 16.5. The number of amides is 2. The smallest absolute Gasteiger partial charge is 0.333 e. The van der Waals surface area contributed by atoms with Crippen molar-refractivity contribution in [3.8, 4) is 0 Å². The number of ether oxygens (including phenoxy) is 1. The van der Waals surface area contributed by atoms with Crippen LogP contribution in [0.15, 0.2) is 42.5 Å². The van der Waals surface area contributed by atoms with E-state index in [-0.39, 0.29) is 24.8 Å². The van der Waals surface area contributed by atoms with Gasteiger partial charge in [-0.1, -0.05) is 37.3 Å². The van der Waals surface area contributed by atoms with Gasteiger partial charge < -0.3 is 15.2 Å². The number of hydrazine groups is 1. The standard InChI is InChI=1S/C22H35N3O3/c1-3-21-19(14-10-5-4-6-11-15-26)20(17(2)28-21)16-23-25-22(27)24-18-12-8-7-9-13-18/h5,7-10,12-13,17,19-21,23,26H,3-4,6,11,14-16H2,1-2H3,(H2,24,25,27)/t17-,19?,20?,21+/m0/s1. The van der Waals surface area contributed by atoms with Gasteiger partial charge in [-0.3, -0.25) is 5.43 Å². The molecule has 0 bridgehead atoms. The third-order valence-electron chi connectivity index (χ3n) is 5.35. The third-order valence-corrected chi connectivity index (χ3v) is 5.35. The van der Waals surface area contributed by atoms with E-state index in [1.165, 1.54) is 0 Å². The van der Waals surface area contributed by atoms with Crippen LogP contribution in [0.25, 0.3) is 0 Å². The molecule has 156 valence electrons. The first-order chi connectivity index (χ1) is 13.7. The summed E-state index contributed by atoms with van der Waals surface area (Å²) in [4.78, 5) is 12.0. The fourth-order valence-electron chi connectivity index (χ4n) is 3.82. The Morgan fingerprint density at radius 2 is 1.96 bits per heavy atom. The average molecular weight is 390 g/mol. The molecule has 1 aromatic rings. The Morgan fingerprint density at radius 3 is 2.68 bits per heavy atom. The van der Waals surface area contributed by atoms with Crippen LogP contribution in [0.2, 0.25) is 0 Å². The second kappa shape index (κ2) is 12.5. The molecule has 6 nitrogen and oxygen atoms in total. The molecule has 1 aromatic carbocycles. The van der Waals surface area contributed by atoms with Gasteiger partial charge >= 0.3 is 6.03 Å². The predicted molar refractivity (Wildman–Crippen MR) is 113 cm³/mol. The van der Waals surface area contributed by atoms with Gasteiger partial charge in [0, 0.05) is 24.8 Å². The zero-order valence-corrected chi connectivity index (χ0v) is 17.1. The van der Waals surface area contributed by atoms with Gasteiger partial charge in [0.25, 0.3) is 0 Å². The maximum atomic E-state index is 12.0. The summed E-state index contributed by atoms with van der Waals surface area (Å²) in [6, 6.07) is 9.10. The molecule has 28 heavy (non-hydrogen) atoms. The van der Waals surface area contributed by atoms with Crippen molar-refractivity contribution in [1.82, 2.24) is 10.9 Å². The fourth-order valence-corrected chi connectivity index (χ4v) is 3.82. The third kappa shape index (κ3) is 7.26. The van der Waals surface area contributed by atoms with Gasteiger partial charge in [-0.15, -0.1) is 0 Å². The molecule has 2 unspecified atom stereocenters. The molecule has 1 aliphatic heterocycles. The van der Waals surface area contributed by atoms with Crippen LogP contribution in [0.5, 0.6) is 0 Å². The van der Waals surface area contributed by atoms with Gasteiger partial charge in [-0.25, -0.2) is 10.2 Å². The molecule has 4 N–H and O–H groups in total. The van der Waals surface area contributed by atoms with Crippen molar-refractivity contribution in [2.45, 2.75) is 58.2 Å². The number of aliphatic hydroxyl groups excluding tert-OH is 1. The molecule has 6 heteroatoms. The van der Waals surface area contributed by atoms with E-state index in [0.717, 1.165) is 37.8 Å². The zero-order chi connectivity index (χ0) is 20.2. The summed E-state index contributed by atoms with van der Waals surface area (Å²) in [7, 11) is 0. The minimum absolute atomic E-state index is 0.157. The van der Waals surface area contributed by atoms with Crippen molar-refractivity contribution < 1.29 is 14.6 Å². The number of para-hydroxylation sites is 1. The summed E-state index contributed by atoms with van der Waals surface area (Å²) in [5.41, 5.74) is 6.56. The summed E-state index contributed by atoms with van der Waals surface area (Å²) in [6.45, 7) is 5.21. The number of anilines is 1. The molecule has 1 heterocycles. The van der Waals surface area contributed by atoms with E-state index < -0.39 is 0 Å². The van der Waals surface area contributed by atoms with E-state index in [2.05, 4.69) is 42.2 Å². The Labute approximate surface area is 168 Å². The van der Waals surface area contributed by atoms with Gasteiger partial charge in [0.15, 0.2) is 0 Å². The Bertz CT molecular complexity index is 594. The van der Waals surface area contributed by atoms with Crippen molar-refractivity contribution >= 4 is 11.7 Å². The number of unbranched alkanes of at least 4 members (excludes halogenated alkanes) is 2. The van der Waals surface area contributed by atoms with Crippen molar-refractivity contribution in [3.63, 3.8) is 0 Å². The van der Waals surface area contributed by atoms with E-state index in [9.17, 15) is 4.79 Å². The van der Waals surface area contributed by atoms with Crippen LogP contribution in [-0.4, -0.2) is 36.5 Å². The van der Waals surface area contributed by atoms with E-state index in [4.69, 9.17) is 9.84 Å². The number of hydrogen-bond donors (Lipinski definition) is 4. The van der Waals surface area contributed by atoms with Crippen LogP contribution in [0.3, 0.4) is 0 Å². The minimum Gasteiger partial charge on any atom is -0.396 e. The van der Waals surface area contributed by atoms with Crippen molar-refractivity contribution in [3.05, 3.63) is 42.5 Å². The molecule has 1 fully saturated rings. The highest BCUT2D eigenvalue weighted by Gasteiger charge is 2.40. The quantitative estimate of drug-likeness (QED) is 0.263. The molecule has 2 amide bonds. The lowest BCUT2D eigenvalue weighted by Crippen LogP contribution is -2.44. The number of allylic oxidation sites excluding steroid dienone is 2. The predicted octanol–water partition coefficient (Wildman–Crippen LogP) is 3.85. The Balaban J connectivity index is 1.78. The highest BCUT2D eigenvalue weighted by Crippen LogP contribution is 2.36. The lowest BCUT2D eigenvalue weighted by Gasteiger charge is -2.22. The van der Waals surface area contributed by atoms with Gasteiger partial charge in [0.2, 0.25) is 0 Å². The molecular weight excluding hydrogens is 354 g/mol. The molecule has 0 aliphatic carbocycles. The van der Waals surface area contributed by atoms with Crippen LogP contribution in [0, 0.1) is 11.8 Å². The van der Waals surface area contributed by atoms with Crippen molar-refractivity contribution in [1.29, 1.82) is 0 Å². The number of carbonyl (C=O) groups excluding carboxylic acids is 1. The number of carbonyl (C=O) groups is 1. The van der Waals surface area contributed by atoms with Gasteiger partial charge in [-0.2, -0.15) is 0 Å². The summed E-state index contributed by atoms with van der Waals surface area (Å²) in [5, 5.41) is 11.6. The fraction of sp³-hybridized carbons (Fsp3) is 0.591. The molecule has 0 aromatic heterocycles. The molecular formula is C22H35N3O3. The monoisotopic (exact) mass is 389 g/mol. The van der Waals surface area contributed by atoms with Crippen molar-refractivity contribution in [2.75, 3.05) is 18.5 Å². The molecule has 2 rings (SSSR count). The number of rotatable bonds is 11. The number of urea groups is 1. The average Bonchev–Trinajstić information content (AvgIpc) is 3.00. The SMILES string of the molecule is CC[C@H]1O[C@@H](C)C(CNNC(=O)Nc2ccccc2)C1CC=CCCCCO. The zero-order valence-electron chi connectivity index (χ0n) is 17.1. The second-order valence-corrected chi connectivity index (χ2v) is 7.37. The molecule has 4 atom stereocenters. The Morgan fingerprint density at radius 1 is 1.18 bits per heavy atom. The van der Waals surface area contributed by atoms with E-state index in [1.807, 2.05) is 30.3 Å². The molecule has 0 spiro atoms. The first kappa shape index (κ1) is 22.4. The number of nitrogens with one attached hydrogen (secondary N) is 3. The summed E-state index contributed by atoms with van der Waals surface area (Å²) in [5.74, 6) is 0.768. The number of benzene rings is 1. The lowest BCUT2D eigenvalue weighted by atomic mass is 9.84. The first-order valence-corrected chi connectivity index (χ1v) is 10.4. The second-order valence-electron chi connectivity index (χ2n) is 7.37. The van der Waals surface area contributed by atoms with Crippen LogP contribution in [0.4, 0.5) is 10.5 Å². The number of aliphatic hydroxyl groups is 1. The summed E-state index contributed by atoms with van der Waals surface area (Å²) < 4.78 is 6.15. The van der Waals surface area contributed by atoms with Crippen LogP contribution in [0.1, 0.15) is 46.0 Å². The maximum Gasteiger partial charge on any atom is 0.333 e. The summed E-state index contributed by atoms with van der Waals surface area (Å²) in [6.07, 6.45) is 9.71. The molecule has 1 saturated heterocycles. The highest BCUT2D eigenvalue weighted by molar-refractivity contribution is 5.88. The lowest BCUT2D eigenvalue weighted by molar-refractivity contribution is 0.0370. The van der Waals surface area contributed by atoms with E-state index >= 15 is 0 Å². The van der Waals surface area contributed by atoms with Crippen LogP contribution < -0.4 is 16.2 Å². The largest absolute Gasteiger partial charge is 0.396 e. The number of hydrogen-bond acceptors (Lipinski definition) is 4. The van der Waals surface area contributed by atoms with Crippen LogP contribution in [-0.2, 0) is 4.74 Å². The topological polar surface area (TPSA) is 82.6 Å². The van der Waals surface area contributed by atoms with Crippen molar-refractivity contribution in [2.24, 2.45) is 11.8 Å². The molecule has 1 aliphatic rings. The van der Waals surface area contributed by atoms with E-state index in [0.29, 0.717) is 18.4 Å². The first-order valence-electron chi connectivity index (χ1n) is 10.4. The Hall–Kier alpha value is -1.89. The van der Waals surface area contributed by atoms with Crippen LogP contribution >= 0.6 is 0 Å². The molecule has 0 radical (unpaired) electrons. The van der Waals surface area contributed by atoms with E-state index in [1.54, 1.807) is 0 Å². The van der Waals surface area contributed by atoms with Gasteiger partial charge in [0.05, 0.1) is 12.2 Å². The minimum atomic E-state index is -0.273. The Kier molecular flexibility index (Phi) is 10.0. The molecule has 0 saturated carbocycles. The normalized spacial score (nSPS) is 24.5. The van der Waals surface area contributed by atoms with Gasteiger partial charge in [0.1, 0.15) is 0 Å². The summed E-state index contributed by atoms with van der Waals surface area (Å²) >= 11 is 0. The van der Waals surface area contributed by atoms with Gasteiger partial charge in [-0.05, 0) is 57.1 Å². The maximum absolute atomic E-state index is 12.0.